The highest BCUT2D eigenvalue weighted by Crippen LogP contribution is 2.24. The zero-order valence-corrected chi connectivity index (χ0v) is 17.3. The minimum Gasteiger partial charge on any atom is -0.373 e. The molecule has 0 aliphatic carbocycles. The Bertz CT molecular complexity index is 874. The van der Waals surface area contributed by atoms with Crippen LogP contribution in [-0.2, 0) is 4.74 Å². The number of hydrogen-bond donors (Lipinski definition) is 0. The summed E-state index contributed by atoms with van der Waals surface area (Å²) in [4.78, 5) is 27.0. The van der Waals surface area contributed by atoms with Crippen LogP contribution in [0.15, 0.2) is 18.2 Å². The third-order valence-electron chi connectivity index (χ3n) is 5.92. The molecule has 2 aromatic rings. The summed E-state index contributed by atoms with van der Waals surface area (Å²) in [7, 11) is 0. The van der Waals surface area contributed by atoms with E-state index in [-0.39, 0.29) is 24.2 Å². The minimum absolute atomic E-state index is 0.110. The van der Waals surface area contributed by atoms with E-state index >= 15 is 0 Å². The molecule has 0 bridgehead atoms. The van der Waals surface area contributed by atoms with Crippen LogP contribution in [0.1, 0.15) is 48.4 Å². The van der Waals surface area contributed by atoms with Gasteiger partial charge in [0.1, 0.15) is 0 Å². The minimum atomic E-state index is 0.110. The molecule has 0 radical (unpaired) electrons. The lowest BCUT2D eigenvalue weighted by atomic mass is 10.1. The van der Waals surface area contributed by atoms with Crippen molar-refractivity contribution >= 4 is 16.9 Å². The maximum Gasteiger partial charge on any atom is 0.254 e. The van der Waals surface area contributed by atoms with Crippen LogP contribution in [0.3, 0.4) is 0 Å². The maximum absolute atomic E-state index is 13.3. The van der Waals surface area contributed by atoms with Gasteiger partial charge in [-0.2, -0.15) is 0 Å². The first-order chi connectivity index (χ1) is 13.4. The Morgan fingerprint density at radius 2 is 1.79 bits per heavy atom. The van der Waals surface area contributed by atoms with Crippen LogP contribution in [0.5, 0.6) is 0 Å². The van der Waals surface area contributed by atoms with E-state index in [1.165, 1.54) is 0 Å². The number of ether oxygens (including phenoxy) is 1. The average molecular weight is 383 g/mol. The molecule has 28 heavy (non-hydrogen) atoms. The summed E-state index contributed by atoms with van der Waals surface area (Å²) in [6, 6.07) is 5.97. The SMILES string of the molecule is Cc1nc2ccc(C(=O)N3CCC[C@H]3CN3C[C@@H](C)O[C@@H](C)C3)cc2nc1C. The van der Waals surface area contributed by atoms with Gasteiger partial charge in [0.2, 0.25) is 0 Å². The normalized spacial score (nSPS) is 26.1. The number of nitrogens with zero attached hydrogens (tertiary/aromatic N) is 4. The second-order valence-corrected chi connectivity index (χ2v) is 8.37. The Labute approximate surface area is 166 Å². The van der Waals surface area contributed by atoms with E-state index in [1.54, 1.807) is 0 Å². The van der Waals surface area contributed by atoms with Gasteiger partial charge in [0, 0.05) is 37.8 Å². The number of carbonyl (C=O) groups excluding carboxylic acids is 1. The van der Waals surface area contributed by atoms with E-state index in [0.717, 1.165) is 61.4 Å². The lowest BCUT2D eigenvalue weighted by molar-refractivity contribution is -0.0715. The molecule has 2 fully saturated rings. The molecule has 2 aliphatic rings. The van der Waals surface area contributed by atoms with Crippen molar-refractivity contribution in [3.63, 3.8) is 0 Å². The smallest absolute Gasteiger partial charge is 0.254 e. The van der Waals surface area contributed by atoms with Crippen molar-refractivity contribution in [1.29, 1.82) is 0 Å². The first-order valence-electron chi connectivity index (χ1n) is 10.3. The molecule has 4 rings (SSSR count). The Morgan fingerprint density at radius 1 is 1.11 bits per heavy atom. The summed E-state index contributed by atoms with van der Waals surface area (Å²) in [6.45, 7) is 11.8. The highest BCUT2D eigenvalue weighted by atomic mass is 16.5. The van der Waals surface area contributed by atoms with E-state index in [2.05, 4.69) is 33.6 Å². The predicted molar refractivity (Wildman–Crippen MR) is 110 cm³/mol. The molecule has 150 valence electrons. The molecule has 6 nitrogen and oxygen atoms in total. The van der Waals surface area contributed by atoms with Gasteiger partial charge in [-0.25, -0.2) is 9.97 Å². The van der Waals surface area contributed by atoms with Crippen LogP contribution in [-0.4, -0.2) is 70.1 Å². The topological polar surface area (TPSA) is 58.6 Å². The first-order valence-corrected chi connectivity index (χ1v) is 10.3. The summed E-state index contributed by atoms with van der Waals surface area (Å²) in [5.74, 6) is 0.110. The fraction of sp³-hybridized carbons (Fsp3) is 0.591. The molecule has 1 amide bonds. The van der Waals surface area contributed by atoms with Crippen molar-refractivity contribution in [2.75, 3.05) is 26.2 Å². The number of aromatic nitrogens is 2. The van der Waals surface area contributed by atoms with Gasteiger partial charge in [-0.05, 0) is 58.7 Å². The molecule has 3 atom stereocenters. The monoisotopic (exact) mass is 382 g/mol. The molecule has 0 N–H and O–H groups in total. The summed E-state index contributed by atoms with van der Waals surface area (Å²) in [5.41, 5.74) is 4.18. The van der Waals surface area contributed by atoms with Gasteiger partial charge in [-0.1, -0.05) is 0 Å². The van der Waals surface area contributed by atoms with E-state index in [0.29, 0.717) is 5.56 Å². The van der Waals surface area contributed by atoms with Gasteiger partial charge >= 0.3 is 0 Å². The van der Waals surface area contributed by atoms with Crippen LogP contribution in [0.2, 0.25) is 0 Å². The lowest BCUT2D eigenvalue weighted by Gasteiger charge is -2.38. The number of fused-ring (bicyclic) bond motifs is 1. The Morgan fingerprint density at radius 3 is 2.50 bits per heavy atom. The van der Waals surface area contributed by atoms with Gasteiger partial charge in [-0.3, -0.25) is 9.69 Å². The number of benzene rings is 1. The second-order valence-electron chi connectivity index (χ2n) is 8.37. The van der Waals surface area contributed by atoms with E-state index in [1.807, 2.05) is 32.0 Å². The average Bonchev–Trinajstić information content (AvgIpc) is 3.09. The molecule has 1 aromatic carbocycles. The van der Waals surface area contributed by atoms with Crippen LogP contribution >= 0.6 is 0 Å². The molecule has 0 unspecified atom stereocenters. The molecular formula is C22H30N4O2. The molecule has 1 aromatic heterocycles. The van der Waals surface area contributed by atoms with Gasteiger partial charge in [0.05, 0.1) is 34.6 Å². The van der Waals surface area contributed by atoms with Crippen molar-refractivity contribution in [2.45, 2.75) is 58.8 Å². The number of hydrogen-bond acceptors (Lipinski definition) is 5. The molecule has 3 heterocycles. The fourth-order valence-corrected chi connectivity index (χ4v) is 4.55. The van der Waals surface area contributed by atoms with Crippen molar-refractivity contribution in [2.24, 2.45) is 0 Å². The van der Waals surface area contributed by atoms with E-state index in [4.69, 9.17) is 4.74 Å². The van der Waals surface area contributed by atoms with Crippen molar-refractivity contribution in [1.82, 2.24) is 19.8 Å². The highest BCUT2D eigenvalue weighted by molar-refractivity contribution is 5.97. The van der Waals surface area contributed by atoms with Crippen molar-refractivity contribution < 1.29 is 9.53 Å². The number of aryl methyl sites for hydroxylation is 2. The standard InChI is InChI=1S/C22H30N4O2/c1-14-11-25(12-15(2)28-14)13-19-6-5-9-26(19)22(27)18-7-8-20-21(10-18)24-17(4)16(3)23-20/h7-8,10,14-15,19H,5-6,9,11-13H2,1-4H3/t14-,15+,19-/m0/s1. The van der Waals surface area contributed by atoms with Gasteiger partial charge in [-0.15, -0.1) is 0 Å². The molecule has 2 saturated heterocycles. The quantitative estimate of drug-likeness (QED) is 0.817. The fourth-order valence-electron chi connectivity index (χ4n) is 4.55. The zero-order chi connectivity index (χ0) is 19.8. The predicted octanol–water partition coefficient (Wildman–Crippen LogP) is 2.96. The van der Waals surface area contributed by atoms with E-state index < -0.39 is 0 Å². The zero-order valence-electron chi connectivity index (χ0n) is 17.3. The lowest BCUT2D eigenvalue weighted by Crippen LogP contribution is -2.50. The molecule has 2 aliphatic heterocycles. The molecule has 0 saturated carbocycles. The van der Waals surface area contributed by atoms with E-state index in [9.17, 15) is 4.79 Å². The molecular weight excluding hydrogens is 352 g/mol. The molecule has 0 spiro atoms. The third-order valence-corrected chi connectivity index (χ3v) is 5.92. The van der Waals surface area contributed by atoms with Gasteiger partial charge in [0.25, 0.3) is 5.91 Å². The van der Waals surface area contributed by atoms with Gasteiger partial charge in [0.15, 0.2) is 0 Å². The Kier molecular flexibility index (Phi) is 5.34. The number of amides is 1. The summed E-state index contributed by atoms with van der Waals surface area (Å²) in [6.07, 6.45) is 2.63. The largest absolute Gasteiger partial charge is 0.373 e. The van der Waals surface area contributed by atoms with Crippen molar-refractivity contribution in [3.05, 3.63) is 35.2 Å². The number of morpholine rings is 1. The highest BCUT2D eigenvalue weighted by Gasteiger charge is 2.33. The summed E-state index contributed by atoms with van der Waals surface area (Å²) < 4.78 is 5.85. The van der Waals surface area contributed by atoms with Crippen LogP contribution in [0.25, 0.3) is 11.0 Å². The van der Waals surface area contributed by atoms with Crippen LogP contribution in [0.4, 0.5) is 0 Å². The Hall–Kier alpha value is -2.05. The number of rotatable bonds is 3. The van der Waals surface area contributed by atoms with Gasteiger partial charge < -0.3 is 9.64 Å². The maximum atomic E-state index is 13.3. The Balaban J connectivity index is 1.51. The van der Waals surface area contributed by atoms with Crippen LogP contribution in [0, 0.1) is 13.8 Å². The second kappa shape index (κ2) is 7.76. The first kappa shape index (κ1) is 19.3. The van der Waals surface area contributed by atoms with Crippen LogP contribution < -0.4 is 0 Å². The summed E-state index contributed by atoms with van der Waals surface area (Å²) >= 11 is 0. The van der Waals surface area contributed by atoms with Crippen molar-refractivity contribution in [3.8, 4) is 0 Å². The summed E-state index contributed by atoms with van der Waals surface area (Å²) in [5, 5.41) is 0. The third kappa shape index (κ3) is 3.89. The number of likely N-dealkylation sites (tertiary alicyclic amines) is 1. The molecule has 6 heteroatoms. The number of carbonyl (C=O) groups is 1.